The van der Waals surface area contributed by atoms with Crippen LogP contribution in [-0.4, -0.2) is 42.0 Å². The summed E-state index contributed by atoms with van der Waals surface area (Å²) in [6, 6.07) is 0. The van der Waals surface area contributed by atoms with Gasteiger partial charge in [0.25, 0.3) is 0 Å². The van der Waals surface area contributed by atoms with Gasteiger partial charge in [-0.15, -0.1) is 0 Å². The zero-order valence-corrected chi connectivity index (χ0v) is 12.4. The van der Waals surface area contributed by atoms with E-state index >= 15 is 0 Å². The maximum Gasteiger partial charge on any atom is 0.147 e. The Kier molecular flexibility index (Phi) is 5.80. The van der Waals surface area contributed by atoms with Crippen molar-refractivity contribution in [3.05, 3.63) is 0 Å². The molecule has 1 rings (SSSR count). The van der Waals surface area contributed by atoms with Crippen LogP contribution < -0.4 is 0 Å². The average Bonchev–Trinajstić information content (AvgIpc) is 2.18. The fourth-order valence-electron chi connectivity index (χ4n) is 2.90. The van der Waals surface area contributed by atoms with Gasteiger partial charge >= 0.3 is 0 Å². The first-order valence-electron chi connectivity index (χ1n) is 7.14. The number of nitrogens with zero attached hydrogens (tertiary/aromatic N) is 1. The Bertz CT molecular complexity index is 262. The van der Waals surface area contributed by atoms with Crippen molar-refractivity contribution in [1.29, 1.82) is 0 Å². The second kappa shape index (κ2) is 6.67. The first-order valence-corrected chi connectivity index (χ1v) is 7.14. The number of Topliss-reactive ketones (excluding diaryl/α,β-unsaturated/α-hetero) is 1. The molecule has 0 amide bonds. The summed E-state index contributed by atoms with van der Waals surface area (Å²) in [4.78, 5) is 14.1. The molecule has 0 aromatic carbocycles. The first-order chi connectivity index (χ1) is 8.26. The third-order valence-electron chi connectivity index (χ3n) is 3.52. The van der Waals surface area contributed by atoms with E-state index in [1.165, 1.54) is 0 Å². The molecule has 18 heavy (non-hydrogen) atoms. The van der Waals surface area contributed by atoms with E-state index in [0.29, 0.717) is 24.7 Å². The lowest BCUT2D eigenvalue weighted by Gasteiger charge is -2.28. The molecule has 1 aliphatic rings. The molecule has 0 atom stereocenters. The quantitative estimate of drug-likeness (QED) is 0.820. The zero-order chi connectivity index (χ0) is 13.8. The SMILES string of the molecule is CN(CC(=O)CC1CCC(O)CC1)CC(C)(C)C. The Hall–Kier alpha value is -0.410. The Morgan fingerprint density at radius 2 is 1.78 bits per heavy atom. The maximum atomic E-state index is 12.0. The molecular weight excluding hydrogens is 226 g/mol. The summed E-state index contributed by atoms with van der Waals surface area (Å²) in [5.74, 6) is 0.854. The molecule has 3 heteroatoms. The van der Waals surface area contributed by atoms with Crippen LogP contribution in [0, 0.1) is 11.3 Å². The third kappa shape index (κ3) is 6.50. The second-order valence-electron chi connectivity index (χ2n) is 7.15. The molecule has 1 fully saturated rings. The van der Waals surface area contributed by atoms with E-state index in [9.17, 15) is 9.90 Å². The van der Waals surface area contributed by atoms with E-state index in [-0.39, 0.29) is 11.5 Å². The fourth-order valence-corrected chi connectivity index (χ4v) is 2.90. The summed E-state index contributed by atoms with van der Waals surface area (Å²) in [5.41, 5.74) is 0.240. The molecule has 3 nitrogen and oxygen atoms in total. The number of rotatable bonds is 5. The predicted molar refractivity (Wildman–Crippen MR) is 74.5 cm³/mol. The second-order valence-corrected chi connectivity index (χ2v) is 7.15. The van der Waals surface area contributed by atoms with Crippen LogP contribution in [-0.2, 0) is 4.79 Å². The van der Waals surface area contributed by atoms with Crippen LogP contribution in [0.4, 0.5) is 0 Å². The lowest BCUT2D eigenvalue weighted by atomic mass is 9.84. The molecule has 106 valence electrons. The van der Waals surface area contributed by atoms with Crippen molar-refractivity contribution >= 4 is 5.78 Å². The number of carbonyl (C=O) groups excluding carboxylic acids is 1. The van der Waals surface area contributed by atoms with Crippen LogP contribution in [0.25, 0.3) is 0 Å². The molecule has 1 aliphatic carbocycles. The molecule has 0 saturated heterocycles. The number of carbonyl (C=O) groups is 1. The van der Waals surface area contributed by atoms with Gasteiger partial charge < -0.3 is 5.11 Å². The highest BCUT2D eigenvalue weighted by Crippen LogP contribution is 2.27. The Labute approximate surface area is 112 Å². The number of aliphatic hydroxyl groups excluding tert-OH is 1. The van der Waals surface area contributed by atoms with Gasteiger partial charge in [-0.05, 0) is 44.1 Å². The molecule has 0 unspecified atom stereocenters. The van der Waals surface area contributed by atoms with E-state index < -0.39 is 0 Å². The molecule has 0 radical (unpaired) electrons. The summed E-state index contributed by atoms with van der Waals surface area (Å²) in [6.45, 7) is 8.09. The standard InChI is InChI=1S/C15H29NO2/c1-15(2,3)11-16(4)10-14(18)9-12-5-7-13(17)8-6-12/h12-13,17H,5-11H2,1-4H3. The van der Waals surface area contributed by atoms with Crippen LogP contribution in [0.3, 0.4) is 0 Å². The number of ketones is 1. The van der Waals surface area contributed by atoms with Gasteiger partial charge in [-0.2, -0.15) is 0 Å². The van der Waals surface area contributed by atoms with Crippen molar-refractivity contribution in [3.63, 3.8) is 0 Å². The number of hydrogen-bond donors (Lipinski definition) is 1. The number of likely N-dealkylation sites (N-methyl/N-ethyl adjacent to an activating group) is 1. The minimum atomic E-state index is -0.125. The molecule has 1 N–H and O–H groups in total. The van der Waals surface area contributed by atoms with Crippen LogP contribution in [0.1, 0.15) is 52.9 Å². The molecule has 0 aliphatic heterocycles. The van der Waals surface area contributed by atoms with E-state index in [2.05, 4.69) is 25.7 Å². The average molecular weight is 255 g/mol. The van der Waals surface area contributed by atoms with Gasteiger partial charge in [0.05, 0.1) is 12.6 Å². The minimum Gasteiger partial charge on any atom is -0.393 e. The van der Waals surface area contributed by atoms with Crippen LogP contribution in [0.5, 0.6) is 0 Å². The van der Waals surface area contributed by atoms with Crippen LogP contribution >= 0.6 is 0 Å². The van der Waals surface area contributed by atoms with Crippen molar-refractivity contribution in [2.75, 3.05) is 20.1 Å². The Morgan fingerprint density at radius 3 is 2.28 bits per heavy atom. The maximum absolute atomic E-state index is 12.0. The monoisotopic (exact) mass is 255 g/mol. The van der Waals surface area contributed by atoms with Crippen molar-refractivity contribution in [3.8, 4) is 0 Å². The largest absolute Gasteiger partial charge is 0.393 e. The summed E-state index contributed by atoms with van der Waals surface area (Å²) in [7, 11) is 2.02. The van der Waals surface area contributed by atoms with Crippen LogP contribution in [0.15, 0.2) is 0 Å². The number of hydrogen-bond acceptors (Lipinski definition) is 3. The first kappa shape index (κ1) is 15.6. The van der Waals surface area contributed by atoms with Crippen molar-refractivity contribution < 1.29 is 9.90 Å². The highest BCUT2D eigenvalue weighted by atomic mass is 16.3. The van der Waals surface area contributed by atoms with Gasteiger partial charge in [0.15, 0.2) is 0 Å². The topological polar surface area (TPSA) is 40.5 Å². The third-order valence-corrected chi connectivity index (χ3v) is 3.52. The van der Waals surface area contributed by atoms with E-state index in [4.69, 9.17) is 0 Å². The summed E-state index contributed by atoms with van der Waals surface area (Å²) >= 11 is 0. The Balaban J connectivity index is 2.25. The van der Waals surface area contributed by atoms with Gasteiger partial charge in [-0.3, -0.25) is 9.69 Å². The summed E-state index contributed by atoms with van der Waals surface area (Å²) < 4.78 is 0. The smallest absolute Gasteiger partial charge is 0.147 e. The minimum absolute atomic E-state index is 0.125. The van der Waals surface area contributed by atoms with Gasteiger partial charge in [-0.25, -0.2) is 0 Å². The molecule has 1 saturated carbocycles. The molecule has 0 aromatic rings. The molecule has 0 bridgehead atoms. The van der Waals surface area contributed by atoms with E-state index in [1.54, 1.807) is 0 Å². The Morgan fingerprint density at radius 1 is 1.22 bits per heavy atom. The highest BCUT2D eigenvalue weighted by Gasteiger charge is 2.22. The fraction of sp³-hybridized carbons (Fsp3) is 0.933. The van der Waals surface area contributed by atoms with E-state index in [1.807, 2.05) is 7.05 Å². The summed E-state index contributed by atoms with van der Waals surface area (Å²) in [5, 5.41) is 9.44. The van der Waals surface area contributed by atoms with E-state index in [0.717, 1.165) is 32.2 Å². The molecule has 0 spiro atoms. The van der Waals surface area contributed by atoms with Gasteiger partial charge in [0.2, 0.25) is 0 Å². The van der Waals surface area contributed by atoms with Gasteiger partial charge in [-0.1, -0.05) is 20.8 Å². The van der Waals surface area contributed by atoms with Crippen LogP contribution in [0.2, 0.25) is 0 Å². The zero-order valence-electron chi connectivity index (χ0n) is 12.4. The lowest BCUT2D eigenvalue weighted by Crippen LogP contribution is -2.34. The van der Waals surface area contributed by atoms with Gasteiger partial charge in [0, 0.05) is 13.0 Å². The molecule has 0 heterocycles. The summed E-state index contributed by atoms with van der Waals surface area (Å²) in [6.07, 6.45) is 4.33. The molecule has 0 aromatic heterocycles. The lowest BCUT2D eigenvalue weighted by molar-refractivity contribution is -0.121. The predicted octanol–water partition coefficient (Wildman–Crippen LogP) is 2.47. The highest BCUT2D eigenvalue weighted by molar-refractivity contribution is 5.80. The normalized spacial score (nSPS) is 25.4. The molecular formula is C15H29NO2. The number of aliphatic hydroxyl groups is 1. The van der Waals surface area contributed by atoms with Crippen molar-refractivity contribution in [1.82, 2.24) is 4.90 Å². The van der Waals surface area contributed by atoms with Gasteiger partial charge in [0.1, 0.15) is 5.78 Å². The van der Waals surface area contributed by atoms with Crippen molar-refractivity contribution in [2.45, 2.75) is 59.0 Å². The van der Waals surface area contributed by atoms with Crippen molar-refractivity contribution in [2.24, 2.45) is 11.3 Å².